The van der Waals surface area contributed by atoms with E-state index in [0.29, 0.717) is 6.54 Å². The van der Waals surface area contributed by atoms with E-state index in [4.69, 9.17) is 0 Å². The number of rotatable bonds is 7. The van der Waals surface area contributed by atoms with Gasteiger partial charge in [-0.25, -0.2) is 14.4 Å². The van der Waals surface area contributed by atoms with Gasteiger partial charge in [0.2, 0.25) is 0 Å². The summed E-state index contributed by atoms with van der Waals surface area (Å²) in [5.74, 6) is 0.559. The van der Waals surface area contributed by atoms with Crippen molar-refractivity contribution in [1.29, 1.82) is 0 Å². The predicted molar refractivity (Wildman–Crippen MR) is 122 cm³/mol. The number of aryl methyl sites for hydroxylation is 1. The van der Waals surface area contributed by atoms with E-state index in [-0.39, 0.29) is 29.8 Å². The molecule has 0 atom stereocenters. The minimum absolute atomic E-state index is 0. The third kappa shape index (κ3) is 5.90. The molecule has 3 aromatic rings. The highest BCUT2D eigenvalue weighted by Gasteiger charge is 2.06. The number of nitrogens with one attached hydrogen (secondary N) is 3. The molecule has 0 aliphatic carbocycles. The summed E-state index contributed by atoms with van der Waals surface area (Å²) in [4.78, 5) is 12.3. The van der Waals surface area contributed by atoms with Crippen LogP contribution < -0.4 is 10.6 Å². The second-order valence-corrected chi connectivity index (χ2v) is 6.90. The first-order valence-corrected chi connectivity index (χ1v) is 9.78. The fourth-order valence-corrected chi connectivity index (χ4v) is 3.50. The van der Waals surface area contributed by atoms with Crippen LogP contribution in [-0.2, 0) is 19.4 Å². The van der Waals surface area contributed by atoms with Gasteiger partial charge in [-0.3, -0.25) is 0 Å². The zero-order chi connectivity index (χ0) is 18.4. The molecule has 0 aliphatic heterocycles. The summed E-state index contributed by atoms with van der Waals surface area (Å²) in [7, 11) is 0. The number of aromatic amines is 1. The Morgan fingerprint density at radius 1 is 1.30 bits per heavy atom. The number of H-pyrrole nitrogens is 1. The Morgan fingerprint density at radius 3 is 2.89 bits per heavy atom. The average molecular weight is 501 g/mol. The molecule has 0 fully saturated rings. The van der Waals surface area contributed by atoms with Crippen molar-refractivity contribution in [3.63, 3.8) is 0 Å². The van der Waals surface area contributed by atoms with Crippen LogP contribution >= 0.6 is 35.3 Å². The summed E-state index contributed by atoms with van der Waals surface area (Å²) >= 11 is 1.68. The van der Waals surface area contributed by atoms with Gasteiger partial charge in [0, 0.05) is 35.6 Å². The smallest absolute Gasteiger partial charge is 0.191 e. The third-order valence-electron chi connectivity index (χ3n) is 4.06. The van der Waals surface area contributed by atoms with Gasteiger partial charge in [-0.2, -0.15) is 0 Å². The molecule has 3 N–H and O–H groups in total. The number of thiazole rings is 1. The number of nitrogens with zero attached hydrogens (tertiary/aromatic N) is 2. The highest BCUT2D eigenvalue weighted by molar-refractivity contribution is 14.0. The number of benzene rings is 1. The Labute approximate surface area is 179 Å². The normalized spacial score (nSPS) is 11.4. The molecule has 8 heteroatoms. The summed E-state index contributed by atoms with van der Waals surface area (Å²) in [5, 5.41) is 10.9. The lowest BCUT2D eigenvalue weighted by atomic mass is 10.1. The molecular formula is C19H25FIN5S. The van der Waals surface area contributed by atoms with Crippen LogP contribution in [-0.4, -0.2) is 29.0 Å². The van der Waals surface area contributed by atoms with Gasteiger partial charge >= 0.3 is 0 Å². The quantitative estimate of drug-likeness (QED) is 0.258. The molecule has 2 aromatic heterocycles. The van der Waals surface area contributed by atoms with Crippen molar-refractivity contribution < 1.29 is 4.39 Å². The van der Waals surface area contributed by atoms with Crippen LogP contribution in [0, 0.1) is 5.82 Å². The molecule has 5 nitrogen and oxygen atoms in total. The molecule has 0 amide bonds. The van der Waals surface area contributed by atoms with Crippen molar-refractivity contribution in [2.45, 2.75) is 33.2 Å². The van der Waals surface area contributed by atoms with Gasteiger partial charge in [-0.05, 0) is 43.5 Å². The molecule has 0 aliphatic rings. The number of fused-ring (bicyclic) bond motifs is 1. The highest BCUT2D eigenvalue weighted by atomic mass is 127. The number of hydrogen-bond donors (Lipinski definition) is 3. The lowest BCUT2D eigenvalue weighted by molar-refractivity contribution is 0.629. The predicted octanol–water partition coefficient (Wildman–Crippen LogP) is 4.24. The molecule has 0 radical (unpaired) electrons. The van der Waals surface area contributed by atoms with Crippen LogP contribution in [0.5, 0.6) is 0 Å². The lowest BCUT2D eigenvalue weighted by Gasteiger charge is -2.10. The van der Waals surface area contributed by atoms with E-state index in [2.05, 4.69) is 37.9 Å². The minimum Gasteiger partial charge on any atom is -0.361 e. The van der Waals surface area contributed by atoms with Crippen LogP contribution in [0.1, 0.15) is 30.1 Å². The van der Waals surface area contributed by atoms with Crippen LogP contribution in [0.2, 0.25) is 0 Å². The lowest BCUT2D eigenvalue weighted by Crippen LogP contribution is -2.38. The van der Waals surface area contributed by atoms with E-state index in [1.54, 1.807) is 11.3 Å². The molecule has 2 heterocycles. The van der Waals surface area contributed by atoms with E-state index in [1.807, 2.05) is 19.2 Å². The SMILES string of the molecule is CCNC(=NCc1csc(CC)n1)NCCc1c[nH]c2cc(F)ccc12.I. The maximum Gasteiger partial charge on any atom is 0.191 e. The maximum absolute atomic E-state index is 13.3. The van der Waals surface area contributed by atoms with Gasteiger partial charge in [-0.1, -0.05) is 6.92 Å². The third-order valence-corrected chi connectivity index (χ3v) is 5.10. The Bertz CT molecular complexity index is 889. The van der Waals surface area contributed by atoms with Crippen molar-refractivity contribution in [3.05, 3.63) is 51.9 Å². The number of hydrogen-bond acceptors (Lipinski definition) is 3. The fraction of sp³-hybridized carbons (Fsp3) is 0.368. The van der Waals surface area contributed by atoms with Gasteiger partial charge in [0.15, 0.2) is 5.96 Å². The number of aromatic nitrogens is 2. The molecule has 1 aromatic carbocycles. The number of halogens is 2. The molecular weight excluding hydrogens is 476 g/mol. The molecule has 27 heavy (non-hydrogen) atoms. The summed E-state index contributed by atoms with van der Waals surface area (Å²) < 4.78 is 13.3. The van der Waals surface area contributed by atoms with Gasteiger partial charge in [0.1, 0.15) is 5.82 Å². The van der Waals surface area contributed by atoms with Crippen molar-refractivity contribution in [3.8, 4) is 0 Å². The van der Waals surface area contributed by atoms with Crippen molar-refractivity contribution in [2.75, 3.05) is 13.1 Å². The summed E-state index contributed by atoms with van der Waals surface area (Å²) in [5.41, 5.74) is 2.99. The highest BCUT2D eigenvalue weighted by Crippen LogP contribution is 2.19. The zero-order valence-corrected chi connectivity index (χ0v) is 18.7. The first-order valence-electron chi connectivity index (χ1n) is 8.90. The van der Waals surface area contributed by atoms with Crippen molar-refractivity contribution in [2.24, 2.45) is 4.99 Å². The first kappa shape index (κ1) is 21.6. The molecule has 0 saturated heterocycles. The van der Waals surface area contributed by atoms with E-state index in [0.717, 1.165) is 59.1 Å². The molecule has 0 spiro atoms. The van der Waals surface area contributed by atoms with E-state index < -0.39 is 0 Å². The van der Waals surface area contributed by atoms with Crippen LogP contribution in [0.3, 0.4) is 0 Å². The molecule has 0 saturated carbocycles. The van der Waals surface area contributed by atoms with Crippen LogP contribution in [0.15, 0.2) is 34.8 Å². The standard InChI is InChI=1S/C19H24FN5S.HI/c1-3-18-25-15(12-26-18)11-24-19(21-4-2)22-8-7-13-10-23-17-9-14(20)5-6-16(13)17;/h5-6,9-10,12,23H,3-4,7-8,11H2,1-2H3,(H2,21,22,24);1H. The second kappa shape index (κ2) is 10.6. The van der Waals surface area contributed by atoms with Crippen molar-refractivity contribution in [1.82, 2.24) is 20.6 Å². The maximum atomic E-state index is 13.3. The van der Waals surface area contributed by atoms with Gasteiger partial charge in [-0.15, -0.1) is 35.3 Å². The molecule has 0 unspecified atom stereocenters. The molecule has 3 rings (SSSR count). The van der Waals surface area contributed by atoms with Gasteiger partial charge in [0.25, 0.3) is 0 Å². The summed E-state index contributed by atoms with van der Waals surface area (Å²) in [6.07, 6.45) is 3.73. The van der Waals surface area contributed by atoms with Gasteiger partial charge in [0.05, 0.1) is 17.2 Å². The van der Waals surface area contributed by atoms with E-state index in [1.165, 1.54) is 12.1 Å². The van der Waals surface area contributed by atoms with E-state index >= 15 is 0 Å². The fourth-order valence-electron chi connectivity index (χ4n) is 2.77. The van der Waals surface area contributed by atoms with Crippen molar-refractivity contribution >= 4 is 52.2 Å². The summed E-state index contributed by atoms with van der Waals surface area (Å²) in [6, 6.07) is 4.84. The Balaban J connectivity index is 0.00000261. The Hall–Kier alpha value is -1.68. The second-order valence-electron chi connectivity index (χ2n) is 5.96. The summed E-state index contributed by atoms with van der Waals surface area (Å²) in [6.45, 7) is 6.27. The first-order chi connectivity index (χ1) is 12.7. The molecule has 146 valence electrons. The minimum atomic E-state index is -0.223. The largest absolute Gasteiger partial charge is 0.361 e. The number of aliphatic imine (C=N–C) groups is 1. The van der Waals surface area contributed by atoms with Crippen LogP contribution in [0.4, 0.5) is 4.39 Å². The Morgan fingerprint density at radius 2 is 2.15 bits per heavy atom. The zero-order valence-electron chi connectivity index (χ0n) is 15.5. The average Bonchev–Trinajstić information content (AvgIpc) is 3.26. The van der Waals surface area contributed by atoms with Crippen LogP contribution in [0.25, 0.3) is 10.9 Å². The number of guanidine groups is 1. The van der Waals surface area contributed by atoms with E-state index in [9.17, 15) is 4.39 Å². The van der Waals surface area contributed by atoms with Gasteiger partial charge < -0.3 is 15.6 Å². The Kier molecular flexibility index (Phi) is 8.49. The molecule has 0 bridgehead atoms. The monoisotopic (exact) mass is 501 g/mol. The topological polar surface area (TPSA) is 65.1 Å².